The van der Waals surface area contributed by atoms with Crippen LogP contribution in [0.3, 0.4) is 0 Å². The van der Waals surface area contributed by atoms with Crippen LogP contribution in [0.5, 0.6) is 0 Å². The fraction of sp³-hybridized carbons (Fsp3) is 0.526. The molecule has 0 radical (unpaired) electrons. The van der Waals surface area contributed by atoms with Gasteiger partial charge in [0.15, 0.2) is 0 Å². The number of allylic oxidation sites excluding steroid dienone is 2. The Kier molecular flexibility index (Phi) is 4.63. The predicted octanol–water partition coefficient (Wildman–Crippen LogP) is 1.11. The van der Waals surface area contributed by atoms with Crippen LogP contribution in [0.2, 0.25) is 0 Å². The fourth-order valence-corrected chi connectivity index (χ4v) is 4.05. The first-order valence-electron chi connectivity index (χ1n) is 9.06. The van der Waals surface area contributed by atoms with Crippen molar-refractivity contribution in [3.8, 4) is 0 Å². The van der Waals surface area contributed by atoms with E-state index in [1.807, 2.05) is 24.4 Å². The highest BCUT2D eigenvalue weighted by molar-refractivity contribution is 6.05. The number of rotatable bonds is 4. The summed E-state index contributed by atoms with van der Waals surface area (Å²) >= 11 is 0. The van der Waals surface area contributed by atoms with E-state index in [9.17, 15) is 9.59 Å². The van der Waals surface area contributed by atoms with Gasteiger partial charge in [-0.2, -0.15) is 0 Å². The topological polar surface area (TPSA) is 56.8 Å². The van der Waals surface area contributed by atoms with Gasteiger partial charge in [-0.05, 0) is 24.5 Å². The van der Waals surface area contributed by atoms with Crippen LogP contribution in [0.25, 0.3) is 0 Å². The summed E-state index contributed by atoms with van der Waals surface area (Å²) in [5.74, 6) is -0.192. The van der Waals surface area contributed by atoms with Gasteiger partial charge in [0, 0.05) is 45.1 Å². The maximum Gasteiger partial charge on any atom is 0.234 e. The number of nitrogens with zero attached hydrogens (tertiary/aromatic N) is 4. The van der Waals surface area contributed by atoms with E-state index in [4.69, 9.17) is 0 Å². The number of likely N-dealkylation sites (tertiary alicyclic amines) is 1. The summed E-state index contributed by atoms with van der Waals surface area (Å²) in [5, 5.41) is 0. The van der Waals surface area contributed by atoms with E-state index < -0.39 is 0 Å². The minimum atomic E-state index is -0.121. The standard InChI is InChI=1S/C19H24N4O2/c24-18-16-5-1-2-6-17(16)19(25)23(18)14-22-10-8-21(9-11-22)13-15-4-3-7-20-12-15/h1-4,7,12,16-17H,5-6,8-11,13-14H2. The molecule has 3 heterocycles. The van der Waals surface area contributed by atoms with E-state index >= 15 is 0 Å². The van der Waals surface area contributed by atoms with Crippen LogP contribution in [0.1, 0.15) is 18.4 Å². The number of imide groups is 1. The zero-order valence-electron chi connectivity index (χ0n) is 14.4. The zero-order valence-corrected chi connectivity index (χ0v) is 14.4. The third kappa shape index (κ3) is 3.37. The van der Waals surface area contributed by atoms with Gasteiger partial charge < -0.3 is 0 Å². The normalized spacial score (nSPS) is 27.8. The Labute approximate surface area is 148 Å². The molecule has 6 nitrogen and oxygen atoms in total. The molecule has 1 aliphatic carbocycles. The van der Waals surface area contributed by atoms with Crippen LogP contribution in [0, 0.1) is 11.8 Å². The molecule has 0 saturated carbocycles. The fourth-order valence-electron chi connectivity index (χ4n) is 4.05. The predicted molar refractivity (Wildman–Crippen MR) is 93.2 cm³/mol. The van der Waals surface area contributed by atoms with Gasteiger partial charge in [-0.25, -0.2) is 0 Å². The van der Waals surface area contributed by atoms with Crippen molar-refractivity contribution in [2.24, 2.45) is 11.8 Å². The van der Waals surface area contributed by atoms with Crippen molar-refractivity contribution >= 4 is 11.8 Å². The monoisotopic (exact) mass is 340 g/mol. The lowest BCUT2D eigenvalue weighted by atomic mass is 9.85. The largest absolute Gasteiger partial charge is 0.296 e. The summed E-state index contributed by atoms with van der Waals surface area (Å²) < 4.78 is 0. The van der Waals surface area contributed by atoms with Crippen LogP contribution >= 0.6 is 0 Å². The molecule has 2 atom stereocenters. The highest BCUT2D eigenvalue weighted by atomic mass is 16.2. The summed E-state index contributed by atoms with van der Waals surface area (Å²) in [7, 11) is 0. The SMILES string of the molecule is O=C1C2CC=CCC2C(=O)N1CN1CCN(Cc2cccnc2)CC1. The third-order valence-corrected chi connectivity index (χ3v) is 5.53. The maximum absolute atomic E-state index is 12.6. The number of fused-ring (bicyclic) bond motifs is 1. The van der Waals surface area contributed by atoms with Gasteiger partial charge in [-0.15, -0.1) is 0 Å². The Bertz CT molecular complexity index is 641. The van der Waals surface area contributed by atoms with Crippen molar-refractivity contribution in [1.29, 1.82) is 0 Å². The maximum atomic E-state index is 12.6. The molecule has 132 valence electrons. The summed E-state index contributed by atoms with van der Waals surface area (Å²) in [6.45, 7) is 5.00. The molecule has 0 aromatic carbocycles. The van der Waals surface area contributed by atoms with Gasteiger partial charge in [0.25, 0.3) is 0 Å². The van der Waals surface area contributed by atoms with E-state index in [2.05, 4.69) is 20.9 Å². The van der Waals surface area contributed by atoms with Gasteiger partial charge in [0.2, 0.25) is 11.8 Å². The lowest BCUT2D eigenvalue weighted by Gasteiger charge is -2.36. The minimum Gasteiger partial charge on any atom is -0.296 e. The summed E-state index contributed by atoms with van der Waals surface area (Å²) in [4.78, 5) is 35.4. The second kappa shape index (κ2) is 7.06. The molecule has 2 unspecified atom stereocenters. The van der Waals surface area contributed by atoms with E-state index in [1.165, 1.54) is 10.5 Å². The van der Waals surface area contributed by atoms with Crippen molar-refractivity contribution in [1.82, 2.24) is 19.7 Å². The van der Waals surface area contributed by atoms with Crippen LogP contribution in [-0.4, -0.2) is 64.3 Å². The summed E-state index contributed by atoms with van der Waals surface area (Å²) in [5.41, 5.74) is 1.22. The molecular formula is C19H24N4O2. The van der Waals surface area contributed by atoms with Gasteiger partial charge in [0.1, 0.15) is 0 Å². The zero-order chi connectivity index (χ0) is 17.2. The number of carbonyl (C=O) groups excluding carboxylic acids is 2. The molecule has 2 amide bonds. The van der Waals surface area contributed by atoms with Crippen LogP contribution in [0.4, 0.5) is 0 Å². The van der Waals surface area contributed by atoms with Crippen LogP contribution in [-0.2, 0) is 16.1 Å². The molecule has 1 aromatic rings. The molecule has 3 aliphatic rings. The lowest BCUT2D eigenvalue weighted by Crippen LogP contribution is -2.51. The molecule has 4 rings (SSSR count). The average molecular weight is 340 g/mol. The van der Waals surface area contributed by atoms with Gasteiger partial charge in [0.05, 0.1) is 18.5 Å². The Morgan fingerprint density at radius 2 is 1.60 bits per heavy atom. The minimum absolute atomic E-state index is 0.0251. The summed E-state index contributed by atoms with van der Waals surface area (Å²) in [6.07, 6.45) is 9.19. The molecule has 1 aromatic heterocycles. The number of pyridine rings is 1. The van der Waals surface area contributed by atoms with Crippen molar-refractivity contribution in [3.63, 3.8) is 0 Å². The highest BCUT2D eigenvalue weighted by Crippen LogP contribution is 2.35. The molecule has 25 heavy (non-hydrogen) atoms. The molecule has 2 aliphatic heterocycles. The molecule has 2 fully saturated rings. The number of piperazine rings is 1. The first kappa shape index (κ1) is 16.4. The van der Waals surface area contributed by atoms with Gasteiger partial charge in [-0.3, -0.25) is 29.3 Å². The molecule has 0 spiro atoms. The number of amides is 2. The summed E-state index contributed by atoms with van der Waals surface area (Å²) in [6, 6.07) is 4.06. The first-order valence-corrected chi connectivity index (χ1v) is 9.06. The number of aromatic nitrogens is 1. The van der Waals surface area contributed by atoms with Crippen LogP contribution in [0.15, 0.2) is 36.7 Å². The quantitative estimate of drug-likeness (QED) is 0.607. The van der Waals surface area contributed by atoms with Crippen molar-refractivity contribution in [2.75, 3.05) is 32.8 Å². The highest BCUT2D eigenvalue weighted by Gasteiger charge is 2.47. The smallest absolute Gasteiger partial charge is 0.234 e. The van der Waals surface area contributed by atoms with E-state index in [1.54, 1.807) is 6.20 Å². The van der Waals surface area contributed by atoms with Crippen molar-refractivity contribution in [3.05, 3.63) is 42.2 Å². The number of carbonyl (C=O) groups is 2. The van der Waals surface area contributed by atoms with E-state index in [0.29, 0.717) is 19.5 Å². The van der Waals surface area contributed by atoms with Crippen molar-refractivity contribution in [2.45, 2.75) is 19.4 Å². The molecule has 0 N–H and O–H groups in total. The number of hydrogen-bond donors (Lipinski definition) is 0. The molecule has 0 bridgehead atoms. The second-order valence-corrected chi connectivity index (χ2v) is 7.16. The Hall–Kier alpha value is -2.05. The average Bonchev–Trinajstić information content (AvgIpc) is 2.89. The first-order chi connectivity index (χ1) is 12.2. The second-order valence-electron chi connectivity index (χ2n) is 7.16. The van der Waals surface area contributed by atoms with E-state index in [-0.39, 0.29) is 23.7 Å². The lowest BCUT2D eigenvalue weighted by molar-refractivity contribution is -0.142. The molecular weight excluding hydrogens is 316 g/mol. The van der Waals surface area contributed by atoms with Crippen LogP contribution < -0.4 is 0 Å². The Balaban J connectivity index is 1.30. The van der Waals surface area contributed by atoms with Gasteiger partial charge >= 0.3 is 0 Å². The van der Waals surface area contributed by atoms with E-state index in [0.717, 1.165) is 32.7 Å². The van der Waals surface area contributed by atoms with Crippen molar-refractivity contribution < 1.29 is 9.59 Å². The van der Waals surface area contributed by atoms with Gasteiger partial charge in [-0.1, -0.05) is 18.2 Å². The Morgan fingerprint density at radius 1 is 0.960 bits per heavy atom. The molecule has 2 saturated heterocycles. The third-order valence-electron chi connectivity index (χ3n) is 5.53. The Morgan fingerprint density at radius 3 is 2.20 bits per heavy atom. The molecule has 6 heteroatoms. The number of hydrogen-bond acceptors (Lipinski definition) is 5.